The zero-order valence-corrected chi connectivity index (χ0v) is 14.4. The second-order valence-corrected chi connectivity index (χ2v) is 5.80. The Labute approximate surface area is 147 Å². The van der Waals surface area contributed by atoms with Crippen LogP contribution in [0, 0.1) is 0 Å². The first-order chi connectivity index (χ1) is 12.0. The van der Waals surface area contributed by atoms with Gasteiger partial charge in [-0.2, -0.15) is 0 Å². The first kappa shape index (κ1) is 18.5. The number of benzene rings is 2. The first-order valence-corrected chi connectivity index (χ1v) is 8.26. The minimum atomic E-state index is -0.952. The zero-order chi connectivity index (χ0) is 18.2. The Balaban J connectivity index is 2.18. The number of carboxylic acid groups (broad SMARTS) is 1. The first-order valence-electron chi connectivity index (χ1n) is 8.26. The van der Waals surface area contributed by atoms with Crippen molar-refractivity contribution in [3.8, 4) is 5.75 Å². The number of aliphatic carboxylic acids is 1. The number of carbonyl (C=O) groups is 2. The van der Waals surface area contributed by atoms with Crippen LogP contribution in [0.1, 0.15) is 42.9 Å². The van der Waals surface area contributed by atoms with E-state index in [2.05, 4.69) is 5.32 Å². The number of ether oxygens (including phenoxy) is 1. The van der Waals surface area contributed by atoms with Gasteiger partial charge in [0, 0.05) is 0 Å². The van der Waals surface area contributed by atoms with E-state index in [1.807, 2.05) is 61.5 Å². The van der Waals surface area contributed by atoms with Crippen molar-refractivity contribution >= 4 is 11.9 Å². The summed E-state index contributed by atoms with van der Waals surface area (Å²) in [6, 6.07) is 16.0. The SMILES string of the molecule is CCC(C(=O)NC(CC(=O)O)c1ccccc1)c1ccc(OC)cc1. The molecule has 5 heteroatoms. The fraction of sp³-hybridized carbons (Fsp3) is 0.300. The average Bonchev–Trinajstić information content (AvgIpc) is 2.62. The molecule has 0 aromatic heterocycles. The molecule has 0 aliphatic carbocycles. The molecule has 0 spiro atoms. The Hall–Kier alpha value is -2.82. The highest BCUT2D eigenvalue weighted by atomic mass is 16.5. The highest BCUT2D eigenvalue weighted by Gasteiger charge is 2.24. The fourth-order valence-electron chi connectivity index (χ4n) is 2.79. The van der Waals surface area contributed by atoms with Crippen LogP contribution in [0.15, 0.2) is 54.6 Å². The third-order valence-electron chi connectivity index (χ3n) is 4.14. The van der Waals surface area contributed by atoms with Gasteiger partial charge in [0.25, 0.3) is 0 Å². The van der Waals surface area contributed by atoms with Crippen LogP contribution in [0.3, 0.4) is 0 Å². The van der Waals surface area contributed by atoms with E-state index in [1.165, 1.54) is 0 Å². The van der Waals surface area contributed by atoms with Crippen LogP contribution in [0.25, 0.3) is 0 Å². The molecular weight excluding hydrogens is 318 g/mol. The summed E-state index contributed by atoms with van der Waals surface area (Å²) in [5.41, 5.74) is 1.66. The second-order valence-electron chi connectivity index (χ2n) is 5.80. The van der Waals surface area contributed by atoms with Gasteiger partial charge in [-0.3, -0.25) is 9.59 Å². The summed E-state index contributed by atoms with van der Waals surface area (Å²) in [6.45, 7) is 1.93. The third-order valence-corrected chi connectivity index (χ3v) is 4.14. The molecule has 0 heterocycles. The van der Waals surface area contributed by atoms with E-state index in [1.54, 1.807) is 7.11 Å². The molecular formula is C20H23NO4. The molecule has 5 nitrogen and oxygen atoms in total. The topological polar surface area (TPSA) is 75.6 Å². The van der Waals surface area contributed by atoms with Gasteiger partial charge in [0.2, 0.25) is 5.91 Å². The number of carboxylic acids is 1. The van der Waals surface area contributed by atoms with Gasteiger partial charge < -0.3 is 15.2 Å². The predicted molar refractivity (Wildman–Crippen MR) is 95.6 cm³/mol. The Morgan fingerprint density at radius 3 is 2.20 bits per heavy atom. The Morgan fingerprint density at radius 1 is 1.04 bits per heavy atom. The average molecular weight is 341 g/mol. The maximum Gasteiger partial charge on any atom is 0.305 e. The predicted octanol–water partition coefficient (Wildman–Crippen LogP) is 3.52. The van der Waals surface area contributed by atoms with Gasteiger partial charge in [0.1, 0.15) is 5.75 Å². The normalized spacial score (nSPS) is 12.9. The van der Waals surface area contributed by atoms with Crippen molar-refractivity contribution in [1.82, 2.24) is 5.32 Å². The van der Waals surface area contributed by atoms with Gasteiger partial charge in [-0.15, -0.1) is 0 Å². The highest BCUT2D eigenvalue weighted by molar-refractivity contribution is 5.84. The van der Waals surface area contributed by atoms with Gasteiger partial charge in [-0.1, -0.05) is 49.4 Å². The highest BCUT2D eigenvalue weighted by Crippen LogP contribution is 2.25. The van der Waals surface area contributed by atoms with Crippen molar-refractivity contribution in [1.29, 1.82) is 0 Å². The number of hydrogen-bond acceptors (Lipinski definition) is 3. The number of rotatable bonds is 8. The maximum atomic E-state index is 12.8. The van der Waals surface area contributed by atoms with E-state index < -0.39 is 12.0 Å². The molecule has 0 aliphatic rings. The van der Waals surface area contributed by atoms with Crippen molar-refractivity contribution < 1.29 is 19.4 Å². The Kier molecular flexibility index (Phi) is 6.57. The molecule has 2 rings (SSSR count). The summed E-state index contributed by atoms with van der Waals surface area (Å²) in [5, 5.41) is 12.1. The third kappa shape index (κ3) is 5.08. The minimum Gasteiger partial charge on any atom is -0.497 e. The van der Waals surface area contributed by atoms with Crippen LogP contribution in [-0.2, 0) is 9.59 Å². The molecule has 25 heavy (non-hydrogen) atoms. The molecule has 0 radical (unpaired) electrons. The molecule has 0 bridgehead atoms. The molecule has 0 saturated heterocycles. The number of hydrogen-bond donors (Lipinski definition) is 2. The van der Waals surface area contributed by atoms with Crippen LogP contribution < -0.4 is 10.1 Å². The van der Waals surface area contributed by atoms with E-state index in [9.17, 15) is 9.59 Å². The summed E-state index contributed by atoms with van der Waals surface area (Å²) in [6.07, 6.45) is 0.460. The van der Waals surface area contributed by atoms with Crippen molar-refractivity contribution in [3.63, 3.8) is 0 Å². The lowest BCUT2D eigenvalue weighted by Crippen LogP contribution is -2.34. The number of nitrogens with one attached hydrogen (secondary N) is 1. The molecule has 2 aromatic carbocycles. The lowest BCUT2D eigenvalue weighted by molar-refractivity contribution is -0.137. The summed E-state index contributed by atoms with van der Waals surface area (Å²) in [7, 11) is 1.59. The molecule has 2 atom stereocenters. The van der Waals surface area contributed by atoms with Crippen LogP contribution in [-0.4, -0.2) is 24.1 Å². The van der Waals surface area contributed by atoms with E-state index >= 15 is 0 Å². The minimum absolute atomic E-state index is 0.158. The van der Waals surface area contributed by atoms with Crippen LogP contribution in [0.5, 0.6) is 5.75 Å². The van der Waals surface area contributed by atoms with Crippen molar-refractivity contribution in [2.45, 2.75) is 31.7 Å². The summed E-state index contributed by atoms with van der Waals surface area (Å²) < 4.78 is 5.14. The Morgan fingerprint density at radius 2 is 1.68 bits per heavy atom. The molecule has 1 amide bonds. The summed E-state index contributed by atoms with van der Waals surface area (Å²) in [4.78, 5) is 23.9. The van der Waals surface area contributed by atoms with Gasteiger partial charge in [-0.25, -0.2) is 0 Å². The number of carbonyl (C=O) groups excluding carboxylic acids is 1. The molecule has 0 fully saturated rings. The lowest BCUT2D eigenvalue weighted by atomic mass is 9.94. The number of amides is 1. The van der Waals surface area contributed by atoms with Crippen LogP contribution >= 0.6 is 0 Å². The Bertz CT molecular complexity index is 697. The van der Waals surface area contributed by atoms with E-state index in [4.69, 9.17) is 9.84 Å². The van der Waals surface area contributed by atoms with E-state index in [0.717, 1.165) is 16.9 Å². The largest absolute Gasteiger partial charge is 0.497 e. The van der Waals surface area contributed by atoms with E-state index in [0.29, 0.717) is 6.42 Å². The zero-order valence-electron chi connectivity index (χ0n) is 14.4. The fourth-order valence-corrected chi connectivity index (χ4v) is 2.79. The van der Waals surface area contributed by atoms with Crippen LogP contribution in [0.4, 0.5) is 0 Å². The lowest BCUT2D eigenvalue weighted by Gasteiger charge is -2.22. The van der Waals surface area contributed by atoms with Gasteiger partial charge in [-0.05, 0) is 29.7 Å². The van der Waals surface area contributed by atoms with Gasteiger partial charge in [0.15, 0.2) is 0 Å². The monoisotopic (exact) mass is 341 g/mol. The summed E-state index contributed by atoms with van der Waals surface area (Å²) >= 11 is 0. The maximum absolute atomic E-state index is 12.8. The van der Waals surface area contributed by atoms with E-state index in [-0.39, 0.29) is 18.2 Å². The molecule has 0 saturated carbocycles. The molecule has 2 N–H and O–H groups in total. The van der Waals surface area contributed by atoms with Crippen molar-refractivity contribution in [3.05, 3.63) is 65.7 Å². The quantitative estimate of drug-likeness (QED) is 0.770. The smallest absolute Gasteiger partial charge is 0.305 e. The number of methoxy groups -OCH3 is 1. The van der Waals surface area contributed by atoms with Gasteiger partial charge >= 0.3 is 5.97 Å². The summed E-state index contributed by atoms with van der Waals surface area (Å²) in [5.74, 6) is -0.743. The standard InChI is InChI=1S/C20H23NO4/c1-3-17(14-9-11-16(25-2)12-10-14)20(24)21-18(13-19(22)23)15-7-5-4-6-8-15/h4-12,17-18H,3,13H2,1-2H3,(H,21,24)(H,22,23). The van der Waals surface area contributed by atoms with Gasteiger partial charge in [0.05, 0.1) is 25.5 Å². The molecule has 132 valence electrons. The van der Waals surface area contributed by atoms with Crippen molar-refractivity contribution in [2.75, 3.05) is 7.11 Å². The van der Waals surface area contributed by atoms with Crippen molar-refractivity contribution in [2.24, 2.45) is 0 Å². The second kappa shape index (κ2) is 8.87. The molecule has 0 aliphatic heterocycles. The molecule has 2 aromatic rings. The molecule has 2 unspecified atom stereocenters. The van der Waals surface area contributed by atoms with Crippen LogP contribution in [0.2, 0.25) is 0 Å².